The monoisotopic (exact) mass is 592 g/mol. The number of rotatable bonds is 10. The molecule has 4 rings (SSSR count). The number of morpholine rings is 1. The lowest BCUT2D eigenvalue weighted by Gasteiger charge is -2.26. The Balaban J connectivity index is 1.40. The molecule has 1 aliphatic rings. The molecule has 1 saturated heterocycles. The second-order valence-electron chi connectivity index (χ2n) is 8.27. The van der Waals surface area contributed by atoms with Crippen LogP contribution in [0.3, 0.4) is 0 Å². The van der Waals surface area contributed by atoms with Gasteiger partial charge in [0.05, 0.1) is 46.3 Å². The van der Waals surface area contributed by atoms with Crippen molar-refractivity contribution in [1.29, 1.82) is 0 Å². The van der Waals surface area contributed by atoms with E-state index < -0.39 is 33.4 Å². The molecule has 0 aliphatic carbocycles. The fourth-order valence-electron chi connectivity index (χ4n) is 3.61. The standard InChI is InChI=1S/C23H24N6O9S2/c1-27-14-24-26-23(27)39-20-6-3-15(11-18(20)29(32)33)22(31)38-13-21(30)25-17-5-4-16(12-19(17)36-2)40(34,35)28-7-9-37-10-8-28/h3-6,11-12,14H,7-10,13H2,1-2H3,(H,25,30). The average Bonchev–Trinajstić information content (AvgIpc) is 3.36. The Labute approximate surface area is 232 Å². The van der Waals surface area contributed by atoms with Gasteiger partial charge in [-0.3, -0.25) is 14.9 Å². The predicted molar refractivity (Wildman–Crippen MR) is 140 cm³/mol. The van der Waals surface area contributed by atoms with Gasteiger partial charge in [0.2, 0.25) is 10.0 Å². The van der Waals surface area contributed by atoms with Crippen LogP contribution in [-0.4, -0.2) is 84.3 Å². The number of nitrogens with one attached hydrogen (secondary N) is 1. The van der Waals surface area contributed by atoms with E-state index >= 15 is 0 Å². The number of hydrogen-bond donors (Lipinski definition) is 1. The SMILES string of the molecule is COc1cc(S(=O)(=O)N2CCOCC2)ccc1NC(=O)COC(=O)c1ccc(Sc2nncn2C)c([N+](=O)[O-])c1. The molecule has 0 bridgehead atoms. The summed E-state index contributed by atoms with van der Waals surface area (Å²) in [5.74, 6) is -1.60. The van der Waals surface area contributed by atoms with Gasteiger partial charge in [-0.05, 0) is 36.0 Å². The van der Waals surface area contributed by atoms with E-state index in [1.54, 1.807) is 11.6 Å². The van der Waals surface area contributed by atoms with Crippen molar-refractivity contribution in [2.45, 2.75) is 14.9 Å². The van der Waals surface area contributed by atoms with Crippen LogP contribution in [0.4, 0.5) is 11.4 Å². The van der Waals surface area contributed by atoms with Crippen LogP contribution < -0.4 is 10.1 Å². The van der Waals surface area contributed by atoms with Gasteiger partial charge in [0, 0.05) is 32.3 Å². The quantitative estimate of drug-likeness (QED) is 0.204. The van der Waals surface area contributed by atoms with Gasteiger partial charge in [-0.1, -0.05) is 0 Å². The van der Waals surface area contributed by atoms with Gasteiger partial charge in [0.1, 0.15) is 12.1 Å². The zero-order chi connectivity index (χ0) is 28.9. The predicted octanol–water partition coefficient (Wildman–Crippen LogP) is 1.70. The first-order valence-electron chi connectivity index (χ1n) is 11.6. The number of amides is 1. The van der Waals surface area contributed by atoms with Gasteiger partial charge in [-0.15, -0.1) is 10.2 Å². The molecule has 0 atom stereocenters. The first-order valence-corrected chi connectivity index (χ1v) is 13.9. The molecule has 0 unspecified atom stereocenters. The molecule has 1 fully saturated rings. The second-order valence-corrected chi connectivity index (χ2v) is 11.2. The summed E-state index contributed by atoms with van der Waals surface area (Å²) in [6, 6.07) is 7.74. The number of methoxy groups -OCH3 is 1. The van der Waals surface area contributed by atoms with Crippen LogP contribution >= 0.6 is 11.8 Å². The maximum Gasteiger partial charge on any atom is 0.338 e. The van der Waals surface area contributed by atoms with Crippen molar-refractivity contribution in [2.75, 3.05) is 45.3 Å². The number of esters is 1. The van der Waals surface area contributed by atoms with Crippen LogP contribution in [0, 0.1) is 10.1 Å². The maximum atomic E-state index is 12.9. The van der Waals surface area contributed by atoms with E-state index in [1.165, 1.54) is 48.1 Å². The number of aromatic nitrogens is 3. The van der Waals surface area contributed by atoms with Gasteiger partial charge in [-0.25, -0.2) is 13.2 Å². The van der Waals surface area contributed by atoms with Crippen molar-refractivity contribution in [2.24, 2.45) is 7.05 Å². The highest BCUT2D eigenvalue weighted by Gasteiger charge is 2.27. The van der Waals surface area contributed by atoms with Crippen molar-refractivity contribution >= 4 is 45.0 Å². The topological polar surface area (TPSA) is 185 Å². The highest BCUT2D eigenvalue weighted by Crippen LogP contribution is 2.34. The lowest BCUT2D eigenvalue weighted by atomic mass is 10.2. The molecule has 2 aromatic carbocycles. The van der Waals surface area contributed by atoms with Crippen molar-refractivity contribution in [3.63, 3.8) is 0 Å². The molecule has 0 spiro atoms. The summed E-state index contributed by atoms with van der Waals surface area (Å²) in [4.78, 5) is 36.2. The van der Waals surface area contributed by atoms with E-state index in [4.69, 9.17) is 14.2 Å². The van der Waals surface area contributed by atoms with Crippen LogP contribution in [0.2, 0.25) is 0 Å². The molecule has 1 aliphatic heterocycles. The minimum atomic E-state index is -3.79. The van der Waals surface area contributed by atoms with Crippen LogP contribution in [0.1, 0.15) is 10.4 Å². The number of carbonyl (C=O) groups is 2. The summed E-state index contributed by atoms with van der Waals surface area (Å²) in [5.41, 5.74) is -0.314. The summed E-state index contributed by atoms with van der Waals surface area (Å²) in [6.45, 7) is 0.325. The van der Waals surface area contributed by atoms with Crippen molar-refractivity contribution in [3.8, 4) is 5.75 Å². The van der Waals surface area contributed by atoms with E-state index in [0.29, 0.717) is 18.4 Å². The Hall–Kier alpha value is -4.06. The van der Waals surface area contributed by atoms with E-state index in [-0.39, 0.29) is 45.6 Å². The lowest BCUT2D eigenvalue weighted by molar-refractivity contribution is -0.387. The molecule has 212 valence electrons. The summed E-state index contributed by atoms with van der Waals surface area (Å²) >= 11 is 1.00. The maximum absolute atomic E-state index is 12.9. The fourth-order valence-corrected chi connectivity index (χ4v) is 5.88. The molecule has 17 heteroatoms. The summed E-state index contributed by atoms with van der Waals surface area (Å²) < 4.78 is 44.2. The largest absolute Gasteiger partial charge is 0.495 e. The molecule has 1 amide bonds. The summed E-state index contributed by atoms with van der Waals surface area (Å²) in [5, 5.41) is 22.1. The number of aryl methyl sites for hydroxylation is 1. The zero-order valence-corrected chi connectivity index (χ0v) is 22.9. The first kappa shape index (κ1) is 28.9. The van der Waals surface area contributed by atoms with E-state index in [9.17, 15) is 28.1 Å². The number of nitrogens with zero attached hydrogens (tertiary/aromatic N) is 5. The number of nitro groups is 1. The third-order valence-electron chi connectivity index (χ3n) is 5.65. The van der Waals surface area contributed by atoms with Crippen molar-refractivity contribution in [1.82, 2.24) is 19.1 Å². The number of sulfonamides is 1. The molecule has 1 N–H and O–H groups in total. The molecular weight excluding hydrogens is 568 g/mol. The number of ether oxygens (including phenoxy) is 3. The van der Waals surface area contributed by atoms with Gasteiger partial charge in [0.25, 0.3) is 11.6 Å². The number of benzene rings is 2. The highest BCUT2D eigenvalue weighted by atomic mass is 32.2. The molecule has 15 nitrogen and oxygen atoms in total. The molecular formula is C23H24N6O9S2. The Bertz CT molecular complexity index is 1540. The van der Waals surface area contributed by atoms with E-state index in [0.717, 1.165) is 17.8 Å². The molecule has 2 heterocycles. The molecule has 1 aromatic heterocycles. The van der Waals surface area contributed by atoms with Crippen LogP contribution in [0.15, 0.2) is 57.7 Å². The zero-order valence-electron chi connectivity index (χ0n) is 21.3. The number of carbonyl (C=O) groups excluding carboxylic acids is 2. The molecule has 3 aromatic rings. The minimum absolute atomic E-state index is 0.0157. The molecule has 0 saturated carbocycles. The van der Waals surface area contributed by atoms with Crippen LogP contribution in [0.5, 0.6) is 5.75 Å². The molecule has 40 heavy (non-hydrogen) atoms. The minimum Gasteiger partial charge on any atom is -0.495 e. The summed E-state index contributed by atoms with van der Waals surface area (Å²) in [7, 11) is -0.790. The number of hydrogen-bond acceptors (Lipinski definition) is 12. The van der Waals surface area contributed by atoms with Gasteiger partial charge in [0.15, 0.2) is 11.8 Å². The second kappa shape index (κ2) is 12.4. The molecule has 0 radical (unpaired) electrons. The number of anilines is 1. The van der Waals surface area contributed by atoms with Gasteiger partial charge >= 0.3 is 5.97 Å². The lowest BCUT2D eigenvalue weighted by Crippen LogP contribution is -2.40. The van der Waals surface area contributed by atoms with E-state index in [1.807, 2.05) is 0 Å². The Morgan fingerprint density at radius 3 is 2.60 bits per heavy atom. The van der Waals surface area contributed by atoms with Crippen molar-refractivity contribution in [3.05, 3.63) is 58.4 Å². The third-order valence-corrected chi connectivity index (χ3v) is 8.66. The summed E-state index contributed by atoms with van der Waals surface area (Å²) in [6.07, 6.45) is 1.45. The third kappa shape index (κ3) is 6.56. The van der Waals surface area contributed by atoms with Gasteiger partial charge in [-0.2, -0.15) is 4.31 Å². The van der Waals surface area contributed by atoms with Crippen molar-refractivity contribution < 1.29 is 37.1 Å². The van der Waals surface area contributed by atoms with Gasteiger partial charge < -0.3 is 24.1 Å². The van der Waals surface area contributed by atoms with E-state index in [2.05, 4.69) is 15.5 Å². The highest BCUT2D eigenvalue weighted by molar-refractivity contribution is 7.99. The smallest absolute Gasteiger partial charge is 0.338 e. The Morgan fingerprint density at radius 1 is 1.20 bits per heavy atom. The first-order chi connectivity index (χ1) is 19.1. The fraction of sp³-hybridized carbons (Fsp3) is 0.304. The number of nitro benzene ring substituents is 1. The Morgan fingerprint density at radius 2 is 1.95 bits per heavy atom. The Kier molecular flexibility index (Phi) is 8.98. The average molecular weight is 593 g/mol. The normalized spacial score (nSPS) is 13.9. The van der Waals surface area contributed by atoms with Crippen LogP contribution in [-0.2, 0) is 31.3 Å². The van der Waals surface area contributed by atoms with Crippen LogP contribution in [0.25, 0.3) is 0 Å².